The highest BCUT2D eigenvalue weighted by molar-refractivity contribution is 7.09. The summed E-state index contributed by atoms with van der Waals surface area (Å²) < 4.78 is 7.15. The summed E-state index contributed by atoms with van der Waals surface area (Å²) in [4.78, 5) is 19.0. The molecule has 1 unspecified atom stereocenters. The van der Waals surface area contributed by atoms with Gasteiger partial charge in [-0.25, -0.2) is 4.98 Å². The van der Waals surface area contributed by atoms with E-state index in [2.05, 4.69) is 25.7 Å². The van der Waals surface area contributed by atoms with Gasteiger partial charge in [0.1, 0.15) is 0 Å². The molecule has 0 spiro atoms. The molecule has 3 aromatic heterocycles. The molecule has 3 aromatic rings. The number of furan rings is 1. The summed E-state index contributed by atoms with van der Waals surface area (Å²) in [5.74, 6) is 0.122. The maximum absolute atomic E-state index is 12.1. The van der Waals surface area contributed by atoms with E-state index in [9.17, 15) is 4.79 Å². The Morgan fingerprint density at radius 2 is 2.40 bits per heavy atom. The number of carbonyl (C=O) groups excluding carboxylic acids is 1. The summed E-state index contributed by atoms with van der Waals surface area (Å²) in [6.45, 7) is 4.97. The van der Waals surface area contributed by atoms with E-state index in [1.807, 2.05) is 23.9 Å². The normalized spacial score (nSPS) is 17.4. The van der Waals surface area contributed by atoms with E-state index in [0.29, 0.717) is 12.3 Å². The second-order valence-corrected chi connectivity index (χ2v) is 7.20. The van der Waals surface area contributed by atoms with Gasteiger partial charge in [0.2, 0.25) is 0 Å². The lowest BCUT2D eigenvalue weighted by Crippen LogP contribution is -2.42. The van der Waals surface area contributed by atoms with Crippen molar-refractivity contribution in [2.24, 2.45) is 0 Å². The maximum Gasteiger partial charge on any atom is 0.287 e. The van der Waals surface area contributed by atoms with Crippen LogP contribution in [0.3, 0.4) is 0 Å². The summed E-state index contributed by atoms with van der Waals surface area (Å²) in [6, 6.07) is 5.47. The first kappa shape index (κ1) is 16.0. The number of hydrogen-bond acceptors (Lipinski definition) is 6. The van der Waals surface area contributed by atoms with Crippen LogP contribution in [0.2, 0.25) is 0 Å². The lowest BCUT2D eigenvalue weighted by molar-refractivity contribution is 0.0904. The molecule has 1 N–H and O–H groups in total. The number of carbonyl (C=O) groups is 1. The highest BCUT2D eigenvalue weighted by Gasteiger charge is 2.26. The molecule has 1 aliphatic rings. The second kappa shape index (κ2) is 6.81. The molecule has 0 fully saturated rings. The number of fused-ring (bicyclic) bond motifs is 1. The molecule has 0 saturated heterocycles. The Morgan fingerprint density at radius 1 is 1.48 bits per heavy atom. The molecule has 0 aliphatic carbocycles. The van der Waals surface area contributed by atoms with Gasteiger partial charge in [0.15, 0.2) is 5.76 Å². The van der Waals surface area contributed by atoms with Crippen molar-refractivity contribution in [3.63, 3.8) is 0 Å². The molecule has 0 aromatic carbocycles. The minimum absolute atomic E-state index is 0.0809. The lowest BCUT2D eigenvalue weighted by Gasteiger charge is -2.33. The predicted molar refractivity (Wildman–Crippen MR) is 93.3 cm³/mol. The minimum atomic E-state index is -0.203. The number of nitrogens with one attached hydrogen (secondary N) is 1. The molecule has 25 heavy (non-hydrogen) atoms. The summed E-state index contributed by atoms with van der Waals surface area (Å²) >= 11 is 1.67. The van der Waals surface area contributed by atoms with Gasteiger partial charge in [-0.1, -0.05) is 0 Å². The van der Waals surface area contributed by atoms with Gasteiger partial charge < -0.3 is 9.73 Å². The van der Waals surface area contributed by atoms with E-state index < -0.39 is 0 Å². The Hall–Kier alpha value is -2.45. The van der Waals surface area contributed by atoms with Gasteiger partial charge in [-0.3, -0.25) is 14.4 Å². The first-order valence-corrected chi connectivity index (χ1v) is 9.04. The van der Waals surface area contributed by atoms with Crippen molar-refractivity contribution in [3.05, 3.63) is 58.2 Å². The van der Waals surface area contributed by atoms with Crippen LogP contribution >= 0.6 is 11.3 Å². The SMILES string of the molecule is Cc1nc(CN2Cc3ccnn3C(CNC(=O)c3ccco3)C2)cs1. The van der Waals surface area contributed by atoms with Gasteiger partial charge in [0, 0.05) is 37.8 Å². The molecular formula is C17H19N5O2S. The highest BCUT2D eigenvalue weighted by atomic mass is 32.1. The Morgan fingerprint density at radius 3 is 3.16 bits per heavy atom. The molecule has 0 bridgehead atoms. The molecule has 8 heteroatoms. The molecule has 1 amide bonds. The number of aromatic nitrogens is 3. The summed E-state index contributed by atoms with van der Waals surface area (Å²) in [6.07, 6.45) is 3.31. The van der Waals surface area contributed by atoms with Crippen LogP contribution in [0.5, 0.6) is 0 Å². The number of aryl methyl sites for hydroxylation is 1. The minimum Gasteiger partial charge on any atom is -0.459 e. The van der Waals surface area contributed by atoms with E-state index in [1.54, 1.807) is 23.5 Å². The van der Waals surface area contributed by atoms with Crippen molar-refractivity contribution in [1.29, 1.82) is 0 Å². The fourth-order valence-electron chi connectivity index (χ4n) is 3.15. The van der Waals surface area contributed by atoms with Gasteiger partial charge in [0.25, 0.3) is 5.91 Å². The van der Waals surface area contributed by atoms with Crippen molar-refractivity contribution < 1.29 is 9.21 Å². The fraction of sp³-hybridized carbons (Fsp3) is 0.353. The number of rotatable bonds is 5. The molecule has 0 saturated carbocycles. The quantitative estimate of drug-likeness (QED) is 0.758. The van der Waals surface area contributed by atoms with Crippen molar-refractivity contribution in [1.82, 2.24) is 25.0 Å². The lowest BCUT2D eigenvalue weighted by atomic mass is 10.1. The number of hydrogen-bond donors (Lipinski definition) is 1. The van der Waals surface area contributed by atoms with Gasteiger partial charge in [-0.05, 0) is 25.1 Å². The third kappa shape index (κ3) is 3.49. The van der Waals surface area contributed by atoms with Gasteiger partial charge in [-0.2, -0.15) is 5.10 Å². The van der Waals surface area contributed by atoms with E-state index in [0.717, 1.165) is 36.0 Å². The smallest absolute Gasteiger partial charge is 0.287 e. The summed E-state index contributed by atoms with van der Waals surface area (Å²) in [5, 5.41) is 10.6. The predicted octanol–water partition coefficient (Wildman–Crippen LogP) is 2.23. The highest BCUT2D eigenvalue weighted by Crippen LogP contribution is 2.22. The van der Waals surface area contributed by atoms with E-state index in [-0.39, 0.29) is 11.9 Å². The molecule has 0 radical (unpaired) electrons. The van der Waals surface area contributed by atoms with Crippen molar-refractivity contribution in [2.75, 3.05) is 13.1 Å². The molecule has 4 rings (SSSR count). The Bertz CT molecular complexity index is 854. The molecule has 130 valence electrons. The number of amides is 1. The first-order valence-electron chi connectivity index (χ1n) is 8.16. The van der Waals surface area contributed by atoms with Crippen LogP contribution in [0.25, 0.3) is 0 Å². The van der Waals surface area contributed by atoms with Crippen LogP contribution in [0.4, 0.5) is 0 Å². The Labute approximate surface area is 149 Å². The van der Waals surface area contributed by atoms with E-state index in [4.69, 9.17) is 4.42 Å². The number of nitrogens with zero attached hydrogens (tertiary/aromatic N) is 4. The zero-order valence-electron chi connectivity index (χ0n) is 13.9. The van der Waals surface area contributed by atoms with Gasteiger partial charge >= 0.3 is 0 Å². The van der Waals surface area contributed by atoms with E-state index in [1.165, 1.54) is 6.26 Å². The second-order valence-electron chi connectivity index (χ2n) is 6.14. The standard InChI is InChI=1S/C17H19N5O2S/c1-12-20-13(11-25-12)8-21-9-14-4-5-19-22(14)15(10-21)7-18-17(23)16-3-2-6-24-16/h2-6,11,15H,7-10H2,1H3,(H,18,23). The van der Waals surface area contributed by atoms with Crippen molar-refractivity contribution >= 4 is 17.2 Å². The van der Waals surface area contributed by atoms with Crippen molar-refractivity contribution in [3.8, 4) is 0 Å². The average Bonchev–Trinajstić information content (AvgIpc) is 3.33. The molecule has 7 nitrogen and oxygen atoms in total. The zero-order chi connectivity index (χ0) is 17.2. The van der Waals surface area contributed by atoms with Crippen LogP contribution in [0.15, 0.2) is 40.5 Å². The van der Waals surface area contributed by atoms with Crippen LogP contribution in [0, 0.1) is 6.92 Å². The maximum atomic E-state index is 12.1. The zero-order valence-corrected chi connectivity index (χ0v) is 14.7. The Kier molecular flexibility index (Phi) is 4.37. The fourth-order valence-corrected chi connectivity index (χ4v) is 3.76. The number of thiazole rings is 1. The average molecular weight is 357 g/mol. The molecule has 1 atom stereocenters. The largest absolute Gasteiger partial charge is 0.459 e. The topological polar surface area (TPSA) is 76.2 Å². The monoisotopic (exact) mass is 357 g/mol. The van der Waals surface area contributed by atoms with Crippen LogP contribution in [0.1, 0.15) is 33.0 Å². The van der Waals surface area contributed by atoms with E-state index >= 15 is 0 Å². The molecule has 4 heterocycles. The molecular weight excluding hydrogens is 338 g/mol. The van der Waals surface area contributed by atoms with Gasteiger partial charge in [-0.15, -0.1) is 11.3 Å². The van der Waals surface area contributed by atoms with Crippen LogP contribution in [-0.2, 0) is 13.1 Å². The van der Waals surface area contributed by atoms with Crippen LogP contribution < -0.4 is 5.32 Å². The van der Waals surface area contributed by atoms with Crippen LogP contribution in [-0.4, -0.2) is 38.7 Å². The summed E-state index contributed by atoms with van der Waals surface area (Å²) in [5.41, 5.74) is 2.24. The van der Waals surface area contributed by atoms with Gasteiger partial charge in [0.05, 0.1) is 28.7 Å². The Balaban J connectivity index is 1.44. The third-order valence-corrected chi connectivity index (χ3v) is 5.07. The van der Waals surface area contributed by atoms with Crippen molar-refractivity contribution in [2.45, 2.75) is 26.1 Å². The summed E-state index contributed by atoms with van der Waals surface area (Å²) in [7, 11) is 0. The first-order chi connectivity index (χ1) is 12.2. The third-order valence-electron chi connectivity index (χ3n) is 4.25. The molecule has 1 aliphatic heterocycles.